The van der Waals surface area contributed by atoms with Crippen molar-refractivity contribution in [2.45, 2.75) is 62.6 Å². The smallest absolute Gasteiger partial charge is 0.240 e. The number of nitrogens with zero attached hydrogens (tertiary/aromatic N) is 2. The van der Waals surface area contributed by atoms with Gasteiger partial charge in [0.1, 0.15) is 0 Å². The van der Waals surface area contributed by atoms with Crippen molar-refractivity contribution in [3.05, 3.63) is 60.2 Å². The molecule has 2 aromatic rings. The van der Waals surface area contributed by atoms with E-state index in [4.69, 9.17) is 0 Å². The molecule has 1 aliphatic carbocycles. The van der Waals surface area contributed by atoms with E-state index in [-0.39, 0.29) is 12.1 Å². The Kier molecular flexibility index (Phi) is 6.46. The quantitative estimate of drug-likeness (QED) is 0.789. The lowest BCUT2D eigenvalue weighted by Gasteiger charge is -2.47. The maximum atomic E-state index is 12.9. The topological polar surface area (TPSA) is 52.6 Å². The molecular formula is C24H33N3O2S. The van der Waals surface area contributed by atoms with Crippen LogP contribution < -0.4 is 9.62 Å². The highest BCUT2D eigenvalue weighted by Crippen LogP contribution is 2.29. The van der Waals surface area contributed by atoms with E-state index < -0.39 is 10.0 Å². The first-order chi connectivity index (χ1) is 14.4. The van der Waals surface area contributed by atoms with Crippen molar-refractivity contribution in [3.63, 3.8) is 0 Å². The second-order valence-corrected chi connectivity index (χ2v) is 10.5. The van der Waals surface area contributed by atoms with Gasteiger partial charge in [-0.25, -0.2) is 13.1 Å². The van der Waals surface area contributed by atoms with Gasteiger partial charge in [0.25, 0.3) is 0 Å². The molecule has 0 amide bonds. The summed E-state index contributed by atoms with van der Waals surface area (Å²) in [5, 5.41) is 0. The molecule has 1 N–H and O–H groups in total. The van der Waals surface area contributed by atoms with Crippen molar-refractivity contribution in [1.82, 2.24) is 9.62 Å². The van der Waals surface area contributed by atoms with Gasteiger partial charge in [0.2, 0.25) is 10.0 Å². The van der Waals surface area contributed by atoms with E-state index in [2.05, 4.69) is 52.6 Å². The van der Waals surface area contributed by atoms with E-state index in [1.165, 1.54) is 17.7 Å². The van der Waals surface area contributed by atoms with Crippen LogP contribution >= 0.6 is 0 Å². The van der Waals surface area contributed by atoms with Crippen LogP contribution in [0.1, 0.15) is 38.2 Å². The largest absolute Gasteiger partial charge is 0.366 e. The minimum absolute atomic E-state index is 0.0262. The number of benzene rings is 2. The summed E-state index contributed by atoms with van der Waals surface area (Å²) >= 11 is 0. The molecule has 2 aliphatic rings. The predicted molar refractivity (Wildman–Crippen MR) is 122 cm³/mol. The highest BCUT2D eigenvalue weighted by Gasteiger charge is 2.36. The SMILES string of the molecule is Cc1cccc(N2CCN([C@@H]3CCCC[C@@H]3NS(=O)(=O)c3ccccc3)C[C@@H]2C)c1. The van der Waals surface area contributed by atoms with E-state index in [0.717, 1.165) is 38.9 Å². The Labute approximate surface area is 181 Å². The fourth-order valence-electron chi connectivity index (χ4n) is 5.03. The van der Waals surface area contributed by atoms with E-state index in [9.17, 15) is 8.42 Å². The van der Waals surface area contributed by atoms with Crippen LogP contribution in [0.15, 0.2) is 59.5 Å². The molecule has 1 aliphatic heterocycles. The van der Waals surface area contributed by atoms with Gasteiger partial charge in [-0.15, -0.1) is 0 Å². The summed E-state index contributed by atoms with van der Waals surface area (Å²) in [4.78, 5) is 5.36. The van der Waals surface area contributed by atoms with E-state index >= 15 is 0 Å². The van der Waals surface area contributed by atoms with Crippen molar-refractivity contribution in [1.29, 1.82) is 0 Å². The van der Waals surface area contributed by atoms with E-state index in [0.29, 0.717) is 10.9 Å². The molecule has 0 aromatic heterocycles. The molecule has 0 spiro atoms. The number of anilines is 1. The van der Waals surface area contributed by atoms with Gasteiger partial charge in [-0.1, -0.05) is 43.2 Å². The van der Waals surface area contributed by atoms with Gasteiger partial charge >= 0.3 is 0 Å². The molecule has 2 aromatic carbocycles. The minimum atomic E-state index is -3.49. The van der Waals surface area contributed by atoms with Gasteiger partial charge in [-0.05, 0) is 56.5 Å². The first kappa shape index (κ1) is 21.3. The Morgan fingerprint density at radius 3 is 2.47 bits per heavy atom. The normalized spacial score (nSPS) is 25.9. The Balaban J connectivity index is 1.46. The molecule has 6 heteroatoms. The second-order valence-electron chi connectivity index (χ2n) is 8.77. The number of nitrogens with one attached hydrogen (secondary N) is 1. The van der Waals surface area contributed by atoms with Crippen LogP contribution in [0, 0.1) is 6.92 Å². The molecular weight excluding hydrogens is 394 g/mol. The zero-order valence-corrected chi connectivity index (χ0v) is 18.8. The molecule has 0 radical (unpaired) electrons. The average Bonchev–Trinajstić information content (AvgIpc) is 2.74. The Hall–Kier alpha value is -1.89. The minimum Gasteiger partial charge on any atom is -0.366 e. The van der Waals surface area contributed by atoms with Crippen molar-refractivity contribution in [2.75, 3.05) is 24.5 Å². The number of rotatable bonds is 5. The van der Waals surface area contributed by atoms with Crippen LogP contribution in [0.25, 0.3) is 0 Å². The molecule has 5 nitrogen and oxygen atoms in total. The lowest BCUT2D eigenvalue weighted by Crippen LogP contribution is -2.60. The lowest BCUT2D eigenvalue weighted by atomic mass is 9.89. The van der Waals surface area contributed by atoms with E-state index in [1.54, 1.807) is 24.3 Å². The molecule has 162 valence electrons. The summed E-state index contributed by atoms with van der Waals surface area (Å²) in [6.07, 6.45) is 4.21. The number of hydrogen-bond donors (Lipinski definition) is 1. The number of hydrogen-bond acceptors (Lipinski definition) is 4. The zero-order chi connectivity index (χ0) is 21.1. The maximum absolute atomic E-state index is 12.9. The van der Waals surface area contributed by atoms with Crippen LogP contribution in [0.2, 0.25) is 0 Å². The van der Waals surface area contributed by atoms with Crippen LogP contribution in [0.3, 0.4) is 0 Å². The molecule has 1 saturated heterocycles. The summed E-state index contributed by atoms with van der Waals surface area (Å²) < 4.78 is 28.9. The van der Waals surface area contributed by atoms with Crippen molar-refractivity contribution in [3.8, 4) is 0 Å². The fourth-order valence-corrected chi connectivity index (χ4v) is 6.36. The van der Waals surface area contributed by atoms with Gasteiger partial charge < -0.3 is 4.90 Å². The third-order valence-corrected chi connectivity index (χ3v) is 8.06. The number of sulfonamides is 1. The summed E-state index contributed by atoms with van der Waals surface area (Å²) in [5.41, 5.74) is 2.57. The Bertz CT molecular complexity index is 948. The maximum Gasteiger partial charge on any atom is 0.240 e. The van der Waals surface area contributed by atoms with Gasteiger partial charge in [-0.2, -0.15) is 0 Å². The third-order valence-electron chi connectivity index (χ3n) is 6.55. The van der Waals surface area contributed by atoms with Gasteiger partial charge in [0, 0.05) is 43.4 Å². The second kappa shape index (κ2) is 9.08. The standard InChI is InChI=1S/C24H33N3O2S/c1-19-9-8-10-21(17-19)27-16-15-26(18-20(27)2)24-14-7-6-13-23(24)25-30(28,29)22-11-4-3-5-12-22/h3-5,8-12,17,20,23-25H,6-7,13-16,18H2,1-2H3/t20-,23-,24+/m0/s1. The van der Waals surface area contributed by atoms with Crippen LogP contribution in [-0.4, -0.2) is 51.1 Å². The highest BCUT2D eigenvalue weighted by atomic mass is 32.2. The van der Waals surface area contributed by atoms with Crippen molar-refractivity contribution < 1.29 is 8.42 Å². The van der Waals surface area contributed by atoms with Crippen LogP contribution in [0.5, 0.6) is 0 Å². The summed E-state index contributed by atoms with van der Waals surface area (Å²) in [7, 11) is -3.49. The number of piperazine rings is 1. The zero-order valence-electron chi connectivity index (χ0n) is 18.0. The third kappa shape index (κ3) is 4.71. The molecule has 0 unspecified atom stereocenters. The van der Waals surface area contributed by atoms with Crippen molar-refractivity contribution >= 4 is 15.7 Å². The Morgan fingerprint density at radius 2 is 1.73 bits per heavy atom. The van der Waals surface area contributed by atoms with Crippen molar-refractivity contribution in [2.24, 2.45) is 0 Å². The summed E-state index contributed by atoms with van der Waals surface area (Å²) in [6.45, 7) is 7.31. The number of aryl methyl sites for hydroxylation is 1. The fraction of sp³-hybridized carbons (Fsp3) is 0.500. The van der Waals surface area contributed by atoms with Gasteiger partial charge in [0.05, 0.1) is 4.90 Å². The molecule has 1 heterocycles. The highest BCUT2D eigenvalue weighted by molar-refractivity contribution is 7.89. The molecule has 4 rings (SSSR count). The molecule has 3 atom stereocenters. The molecule has 30 heavy (non-hydrogen) atoms. The first-order valence-corrected chi connectivity index (χ1v) is 12.6. The molecule has 2 fully saturated rings. The average molecular weight is 428 g/mol. The van der Waals surface area contributed by atoms with Gasteiger partial charge in [-0.3, -0.25) is 4.90 Å². The molecule has 0 bridgehead atoms. The Morgan fingerprint density at radius 1 is 0.967 bits per heavy atom. The van der Waals surface area contributed by atoms with Gasteiger partial charge in [0.15, 0.2) is 0 Å². The lowest BCUT2D eigenvalue weighted by molar-refractivity contribution is 0.110. The van der Waals surface area contributed by atoms with Crippen LogP contribution in [0.4, 0.5) is 5.69 Å². The first-order valence-electron chi connectivity index (χ1n) is 11.1. The summed E-state index contributed by atoms with van der Waals surface area (Å²) in [5.74, 6) is 0. The van der Waals surface area contributed by atoms with E-state index in [1.807, 2.05) is 6.07 Å². The molecule has 1 saturated carbocycles. The predicted octanol–water partition coefficient (Wildman–Crippen LogP) is 3.80. The monoisotopic (exact) mass is 427 g/mol. The summed E-state index contributed by atoms with van der Waals surface area (Å²) in [6, 6.07) is 18.1. The van der Waals surface area contributed by atoms with Crippen LogP contribution in [-0.2, 0) is 10.0 Å².